The van der Waals surface area contributed by atoms with E-state index in [2.05, 4.69) is 15.6 Å². The molecule has 0 bridgehead atoms. The van der Waals surface area contributed by atoms with Gasteiger partial charge in [0.1, 0.15) is 17.6 Å². The van der Waals surface area contributed by atoms with Gasteiger partial charge >= 0.3 is 0 Å². The Bertz CT molecular complexity index is 800. The molecule has 0 saturated heterocycles. The molecule has 2 heterocycles. The molecule has 3 N–H and O–H groups in total. The molecule has 3 rings (SSSR count). The van der Waals surface area contributed by atoms with Gasteiger partial charge in [0.15, 0.2) is 0 Å². The second kappa shape index (κ2) is 7.79. The quantitative estimate of drug-likeness (QED) is 0.653. The summed E-state index contributed by atoms with van der Waals surface area (Å²) in [4.78, 5) is 14.5. The Labute approximate surface area is 158 Å². The van der Waals surface area contributed by atoms with Crippen molar-refractivity contribution in [3.8, 4) is 0 Å². The lowest BCUT2D eigenvalue weighted by Crippen LogP contribution is -2.43. The number of hydrogen-bond acceptors (Lipinski definition) is 7. The van der Waals surface area contributed by atoms with Gasteiger partial charge in [-0.3, -0.25) is 9.48 Å². The van der Waals surface area contributed by atoms with E-state index in [0.29, 0.717) is 36.6 Å². The van der Waals surface area contributed by atoms with Crippen LogP contribution >= 0.6 is 0 Å². The molecule has 27 heavy (non-hydrogen) atoms. The molecule has 148 valence electrons. The Hall–Kier alpha value is -2.23. The highest BCUT2D eigenvalue weighted by Crippen LogP contribution is 2.28. The molecule has 0 spiro atoms. The van der Waals surface area contributed by atoms with Gasteiger partial charge in [0, 0.05) is 25.2 Å². The fourth-order valence-electron chi connectivity index (χ4n) is 3.62. The van der Waals surface area contributed by atoms with Gasteiger partial charge in [0.2, 0.25) is 0 Å². The van der Waals surface area contributed by atoms with Crippen LogP contribution in [0.3, 0.4) is 0 Å². The molecule has 2 aromatic heterocycles. The number of carbonyl (C=O) groups is 1. The summed E-state index contributed by atoms with van der Waals surface area (Å²) in [6.45, 7) is 4.60. The van der Waals surface area contributed by atoms with E-state index in [0.717, 1.165) is 5.69 Å². The van der Waals surface area contributed by atoms with E-state index in [1.165, 1.54) is 0 Å². The summed E-state index contributed by atoms with van der Waals surface area (Å²) in [6.07, 6.45) is 0.316. The summed E-state index contributed by atoms with van der Waals surface area (Å²) in [7, 11) is 3.90. The molecular weight excluding hydrogens is 350 g/mol. The van der Waals surface area contributed by atoms with Crippen molar-refractivity contribution in [2.75, 3.05) is 14.1 Å². The van der Waals surface area contributed by atoms with Gasteiger partial charge in [0.05, 0.1) is 23.4 Å². The van der Waals surface area contributed by atoms with Crippen LogP contribution in [0.1, 0.15) is 34.0 Å². The summed E-state index contributed by atoms with van der Waals surface area (Å²) in [5, 5.41) is 31.8. The number of aliphatic hydroxyl groups is 2. The predicted molar refractivity (Wildman–Crippen MR) is 97.0 cm³/mol. The van der Waals surface area contributed by atoms with E-state index in [9.17, 15) is 15.0 Å². The number of nitrogens with one attached hydrogen (secondary N) is 1. The zero-order chi connectivity index (χ0) is 19.7. The minimum atomic E-state index is -1.03. The molecule has 0 radical (unpaired) electrons. The first-order valence-electron chi connectivity index (χ1n) is 9.02. The Morgan fingerprint density at radius 3 is 2.74 bits per heavy atom. The van der Waals surface area contributed by atoms with E-state index in [1.54, 1.807) is 24.6 Å². The van der Waals surface area contributed by atoms with E-state index in [4.69, 9.17) is 4.42 Å². The lowest BCUT2D eigenvalue weighted by Gasteiger charge is -2.18. The molecule has 1 fully saturated rings. The third kappa shape index (κ3) is 4.37. The molecule has 2 aromatic rings. The smallest absolute Gasteiger partial charge is 0.255 e. The van der Waals surface area contributed by atoms with Crippen LogP contribution in [0.15, 0.2) is 16.7 Å². The molecule has 9 heteroatoms. The largest absolute Gasteiger partial charge is 0.466 e. The Morgan fingerprint density at radius 1 is 1.37 bits per heavy atom. The second-order valence-electron chi connectivity index (χ2n) is 7.55. The maximum absolute atomic E-state index is 12.5. The number of aliphatic hydroxyl groups excluding tert-OH is 2. The van der Waals surface area contributed by atoms with Crippen molar-refractivity contribution in [1.29, 1.82) is 0 Å². The number of carbonyl (C=O) groups excluding carboxylic acids is 1. The Morgan fingerprint density at radius 2 is 2.11 bits per heavy atom. The molecular formula is C18H27N5O4. The number of hydrogen-bond donors (Lipinski definition) is 3. The molecule has 9 nitrogen and oxygen atoms in total. The van der Waals surface area contributed by atoms with Crippen LogP contribution in [0.4, 0.5) is 0 Å². The number of aryl methyl sites for hydroxylation is 2. The highest BCUT2D eigenvalue weighted by molar-refractivity contribution is 5.95. The summed E-state index contributed by atoms with van der Waals surface area (Å²) >= 11 is 0. The van der Waals surface area contributed by atoms with Crippen LogP contribution in [-0.2, 0) is 13.1 Å². The summed E-state index contributed by atoms with van der Waals surface area (Å²) in [5.74, 6) is 0.648. The molecule has 0 aromatic carbocycles. The second-order valence-corrected chi connectivity index (χ2v) is 7.55. The minimum absolute atomic E-state index is 0.230. The predicted octanol–water partition coefficient (Wildman–Crippen LogP) is 0.0898. The van der Waals surface area contributed by atoms with Crippen LogP contribution in [0.25, 0.3) is 0 Å². The Balaban J connectivity index is 1.62. The molecule has 4 atom stereocenters. The Kier molecular flexibility index (Phi) is 5.64. The van der Waals surface area contributed by atoms with E-state index >= 15 is 0 Å². The van der Waals surface area contributed by atoms with E-state index in [-0.39, 0.29) is 11.8 Å². The average Bonchev–Trinajstić information content (AvgIpc) is 3.23. The maximum Gasteiger partial charge on any atom is 0.255 e. The van der Waals surface area contributed by atoms with Crippen molar-refractivity contribution in [1.82, 2.24) is 25.2 Å². The average molecular weight is 377 g/mol. The summed E-state index contributed by atoms with van der Waals surface area (Å²) in [5.41, 5.74) is 1.28. The third-order valence-corrected chi connectivity index (χ3v) is 4.89. The molecule has 1 aliphatic rings. The molecule has 1 saturated carbocycles. The lowest BCUT2D eigenvalue weighted by atomic mass is 10.1. The van der Waals surface area contributed by atoms with Gasteiger partial charge in [-0.25, -0.2) is 0 Å². The topological polar surface area (TPSA) is 117 Å². The number of rotatable bonds is 6. The monoisotopic (exact) mass is 377 g/mol. The van der Waals surface area contributed by atoms with Gasteiger partial charge in [-0.1, -0.05) is 5.21 Å². The van der Waals surface area contributed by atoms with E-state index in [1.807, 2.05) is 25.2 Å². The normalized spacial score (nSPS) is 25.3. The number of aromatic nitrogens is 3. The van der Waals surface area contributed by atoms with Gasteiger partial charge < -0.3 is 24.8 Å². The first-order chi connectivity index (χ1) is 12.7. The van der Waals surface area contributed by atoms with Crippen molar-refractivity contribution in [3.05, 3.63) is 35.0 Å². The standard InChI is InChI=1S/C18H27N5O4/c1-10-5-14(11(2)27-10)18(26)19-15-6-12(16(24)17(15)25)7-23-9-13(20-21-23)8-22(3)4/h5,9,12,15-17,24-25H,6-8H2,1-4H3,(H,19,26)/t12-,15-,16-,17+/m1/s1. The van der Waals surface area contributed by atoms with Crippen molar-refractivity contribution in [2.45, 2.75) is 51.6 Å². The minimum Gasteiger partial charge on any atom is -0.466 e. The number of furan rings is 1. The highest BCUT2D eigenvalue weighted by Gasteiger charge is 2.42. The lowest BCUT2D eigenvalue weighted by molar-refractivity contribution is 0.00761. The number of amides is 1. The first kappa shape index (κ1) is 19.5. The fraction of sp³-hybridized carbons (Fsp3) is 0.611. The molecule has 0 aliphatic heterocycles. The summed E-state index contributed by atoms with van der Waals surface area (Å²) in [6, 6.07) is 1.14. The SMILES string of the molecule is Cc1cc(C(=O)N[C@@H]2C[C@H](Cn3cc(CN(C)C)nn3)[C@@H](O)[C@H]2O)c(C)o1. The van der Waals surface area contributed by atoms with Crippen molar-refractivity contribution in [3.63, 3.8) is 0 Å². The maximum atomic E-state index is 12.5. The first-order valence-corrected chi connectivity index (χ1v) is 9.02. The van der Waals surface area contributed by atoms with Crippen LogP contribution in [0.5, 0.6) is 0 Å². The van der Waals surface area contributed by atoms with Gasteiger partial charge in [0.25, 0.3) is 5.91 Å². The summed E-state index contributed by atoms with van der Waals surface area (Å²) < 4.78 is 7.06. The van der Waals surface area contributed by atoms with Crippen LogP contribution in [0, 0.1) is 19.8 Å². The third-order valence-electron chi connectivity index (χ3n) is 4.89. The van der Waals surface area contributed by atoms with Gasteiger partial charge in [-0.2, -0.15) is 0 Å². The van der Waals surface area contributed by atoms with Crippen molar-refractivity contribution in [2.24, 2.45) is 5.92 Å². The van der Waals surface area contributed by atoms with Crippen LogP contribution < -0.4 is 5.32 Å². The number of nitrogens with zero attached hydrogens (tertiary/aromatic N) is 4. The zero-order valence-electron chi connectivity index (χ0n) is 16.1. The molecule has 1 aliphatic carbocycles. The van der Waals surface area contributed by atoms with Gasteiger partial charge in [-0.15, -0.1) is 5.10 Å². The van der Waals surface area contributed by atoms with E-state index < -0.39 is 18.2 Å². The van der Waals surface area contributed by atoms with Gasteiger partial charge in [-0.05, 0) is 40.4 Å². The molecule has 0 unspecified atom stereocenters. The van der Waals surface area contributed by atoms with Crippen molar-refractivity contribution >= 4 is 5.91 Å². The van der Waals surface area contributed by atoms with Crippen molar-refractivity contribution < 1.29 is 19.4 Å². The van der Waals surface area contributed by atoms with Crippen LogP contribution in [0.2, 0.25) is 0 Å². The zero-order valence-corrected chi connectivity index (χ0v) is 16.1. The highest BCUT2D eigenvalue weighted by atomic mass is 16.3. The van der Waals surface area contributed by atoms with Crippen LogP contribution in [-0.4, -0.2) is 68.4 Å². The fourth-order valence-corrected chi connectivity index (χ4v) is 3.62. The molecule has 1 amide bonds.